The summed E-state index contributed by atoms with van der Waals surface area (Å²) < 4.78 is 1.93. The minimum absolute atomic E-state index is 0.0295. The highest BCUT2D eigenvalue weighted by Crippen LogP contribution is 2.49. The predicted molar refractivity (Wildman–Crippen MR) is 78.5 cm³/mol. The molecule has 1 aromatic heterocycles. The first-order valence-electron chi connectivity index (χ1n) is 8.19. The van der Waals surface area contributed by atoms with Crippen molar-refractivity contribution in [2.75, 3.05) is 13.1 Å². The van der Waals surface area contributed by atoms with Crippen LogP contribution in [0.4, 0.5) is 0 Å². The lowest BCUT2D eigenvalue weighted by Gasteiger charge is -2.23. The number of aliphatic carboxylic acids is 1. The van der Waals surface area contributed by atoms with Gasteiger partial charge in [-0.25, -0.2) is 0 Å². The molecule has 2 aliphatic heterocycles. The maximum Gasteiger partial charge on any atom is 0.311 e. The van der Waals surface area contributed by atoms with Crippen molar-refractivity contribution >= 4 is 11.9 Å². The van der Waals surface area contributed by atoms with Gasteiger partial charge in [-0.2, -0.15) is 5.10 Å². The van der Waals surface area contributed by atoms with Crippen LogP contribution in [0.5, 0.6) is 0 Å². The maximum atomic E-state index is 12.9. The molecule has 6 nitrogen and oxygen atoms in total. The van der Waals surface area contributed by atoms with E-state index in [1.54, 1.807) is 11.1 Å². The summed E-state index contributed by atoms with van der Waals surface area (Å²) in [5, 5.41) is 14.0. The third-order valence-corrected chi connectivity index (χ3v) is 5.80. The van der Waals surface area contributed by atoms with Crippen LogP contribution in [0.2, 0.25) is 0 Å². The van der Waals surface area contributed by atoms with Crippen LogP contribution in [-0.4, -0.2) is 44.8 Å². The number of carbonyl (C=O) groups is 2. The van der Waals surface area contributed by atoms with Crippen LogP contribution >= 0.6 is 0 Å². The first-order chi connectivity index (χ1) is 10.6. The Kier molecular flexibility index (Phi) is 3.03. The Morgan fingerprint density at radius 2 is 2.18 bits per heavy atom. The van der Waals surface area contributed by atoms with Gasteiger partial charge >= 0.3 is 5.97 Å². The summed E-state index contributed by atoms with van der Waals surface area (Å²) in [5.41, 5.74) is 1.00. The number of aromatic nitrogens is 2. The molecule has 0 radical (unpaired) electrons. The third-order valence-electron chi connectivity index (χ3n) is 5.80. The molecular weight excluding hydrogens is 282 g/mol. The average molecular weight is 303 g/mol. The lowest BCUT2D eigenvalue weighted by molar-refractivity contribution is -0.149. The number of aryl methyl sites for hydroxylation is 1. The predicted octanol–water partition coefficient (Wildman–Crippen LogP) is 1.55. The molecule has 118 valence electrons. The first-order valence-corrected chi connectivity index (χ1v) is 8.19. The molecule has 3 heterocycles. The van der Waals surface area contributed by atoms with E-state index in [1.807, 2.05) is 4.68 Å². The highest BCUT2D eigenvalue weighted by Gasteiger charge is 2.56. The minimum Gasteiger partial charge on any atom is -0.481 e. The molecule has 2 fully saturated rings. The van der Waals surface area contributed by atoms with E-state index < -0.39 is 11.4 Å². The Morgan fingerprint density at radius 1 is 1.32 bits per heavy atom. The molecule has 3 aliphatic rings. The highest BCUT2D eigenvalue weighted by molar-refractivity contribution is 5.96. The molecule has 2 atom stereocenters. The van der Waals surface area contributed by atoms with E-state index in [-0.39, 0.29) is 11.8 Å². The molecule has 6 heteroatoms. The molecule has 0 spiro atoms. The van der Waals surface area contributed by atoms with Crippen LogP contribution in [-0.2, 0) is 17.8 Å². The molecule has 0 unspecified atom stereocenters. The van der Waals surface area contributed by atoms with Crippen molar-refractivity contribution < 1.29 is 14.7 Å². The van der Waals surface area contributed by atoms with E-state index in [4.69, 9.17) is 0 Å². The fourth-order valence-electron chi connectivity index (χ4n) is 4.56. The number of nitrogens with zero attached hydrogens (tertiary/aromatic N) is 3. The summed E-state index contributed by atoms with van der Waals surface area (Å²) in [4.78, 5) is 26.3. The number of amides is 1. The van der Waals surface area contributed by atoms with Crippen molar-refractivity contribution in [1.29, 1.82) is 0 Å². The molecule has 22 heavy (non-hydrogen) atoms. The number of hydrogen-bond donors (Lipinski definition) is 1. The fraction of sp³-hybridized carbons (Fsp3) is 0.688. The number of rotatable bonds is 2. The van der Waals surface area contributed by atoms with Gasteiger partial charge in [-0.3, -0.25) is 14.3 Å². The molecule has 0 bridgehead atoms. The molecular formula is C16H21N3O3. The van der Waals surface area contributed by atoms with Gasteiger partial charge in [0.2, 0.25) is 0 Å². The first kappa shape index (κ1) is 13.8. The number of carbonyl (C=O) groups excluding carboxylic acids is 1. The Labute approximate surface area is 129 Å². The number of carboxylic acid groups (broad SMARTS) is 1. The van der Waals surface area contributed by atoms with Gasteiger partial charge in [-0.1, -0.05) is 6.42 Å². The van der Waals surface area contributed by atoms with Gasteiger partial charge in [0.15, 0.2) is 0 Å². The van der Waals surface area contributed by atoms with Gasteiger partial charge in [-0.05, 0) is 38.0 Å². The van der Waals surface area contributed by atoms with Crippen molar-refractivity contribution in [3.63, 3.8) is 0 Å². The summed E-state index contributed by atoms with van der Waals surface area (Å²) in [7, 11) is 0. The number of fused-ring (bicyclic) bond motifs is 2. The molecule has 1 aromatic rings. The number of hydrogen-bond acceptors (Lipinski definition) is 3. The smallest absolute Gasteiger partial charge is 0.311 e. The zero-order chi connectivity index (χ0) is 15.3. The summed E-state index contributed by atoms with van der Waals surface area (Å²) in [5.74, 6) is -0.652. The van der Waals surface area contributed by atoms with E-state index >= 15 is 0 Å². The summed E-state index contributed by atoms with van der Waals surface area (Å²) in [6, 6.07) is 0. The fourth-order valence-corrected chi connectivity index (χ4v) is 4.56. The normalized spacial score (nSPS) is 30.2. The van der Waals surface area contributed by atoms with Crippen LogP contribution in [0.25, 0.3) is 0 Å². The molecule has 1 amide bonds. The zero-order valence-corrected chi connectivity index (χ0v) is 12.6. The third kappa shape index (κ3) is 1.82. The molecule has 4 rings (SSSR count). The van der Waals surface area contributed by atoms with Gasteiger partial charge in [0.1, 0.15) is 0 Å². The second kappa shape index (κ2) is 4.83. The molecule has 1 N–H and O–H groups in total. The summed E-state index contributed by atoms with van der Waals surface area (Å²) in [6.45, 7) is 1.82. The quantitative estimate of drug-likeness (QED) is 0.899. The van der Waals surface area contributed by atoms with E-state index in [2.05, 4.69) is 5.10 Å². The van der Waals surface area contributed by atoms with Gasteiger partial charge < -0.3 is 10.0 Å². The van der Waals surface area contributed by atoms with E-state index in [9.17, 15) is 14.7 Å². The topological polar surface area (TPSA) is 75.4 Å². The Bertz CT molecular complexity index is 639. The molecule has 1 saturated heterocycles. The monoisotopic (exact) mass is 303 g/mol. The Balaban J connectivity index is 1.60. The Morgan fingerprint density at radius 3 is 2.95 bits per heavy atom. The van der Waals surface area contributed by atoms with Crippen LogP contribution in [0, 0.1) is 11.3 Å². The van der Waals surface area contributed by atoms with Gasteiger partial charge in [0, 0.05) is 19.6 Å². The molecule has 1 aliphatic carbocycles. The van der Waals surface area contributed by atoms with Gasteiger partial charge in [0.05, 0.1) is 22.9 Å². The van der Waals surface area contributed by atoms with Gasteiger partial charge in [0.25, 0.3) is 5.91 Å². The van der Waals surface area contributed by atoms with E-state index in [1.165, 1.54) is 0 Å². The summed E-state index contributed by atoms with van der Waals surface area (Å²) in [6.07, 6.45) is 7.34. The van der Waals surface area contributed by atoms with Crippen LogP contribution < -0.4 is 0 Å². The molecule has 1 saturated carbocycles. The Hall–Kier alpha value is -1.85. The van der Waals surface area contributed by atoms with E-state index in [0.29, 0.717) is 25.1 Å². The average Bonchev–Trinajstić information content (AvgIpc) is 3.18. The zero-order valence-electron chi connectivity index (χ0n) is 12.6. The van der Waals surface area contributed by atoms with Crippen molar-refractivity contribution in [3.8, 4) is 0 Å². The van der Waals surface area contributed by atoms with Crippen molar-refractivity contribution in [2.45, 2.75) is 45.1 Å². The standard InChI is InChI=1S/C16H21N3O3/c20-14(12-8-17-19-7-2-1-5-13(12)19)18-9-11-4-3-6-16(11,10-18)15(21)22/h8,11H,1-7,9-10H2,(H,21,22)/t11-,16+/m0/s1. The molecule has 0 aromatic carbocycles. The van der Waals surface area contributed by atoms with Crippen LogP contribution in [0.3, 0.4) is 0 Å². The number of carboxylic acids is 1. The number of likely N-dealkylation sites (tertiary alicyclic amines) is 1. The van der Waals surface area contributed by atoms with Crippen molar-refractivity contribution in [1.82, 2.24) is 14.7 Å². The second-order valence-electron chi connectivity index (χ2n) is 6.92. The lowest BCUT2D eigenvalue weighted by atomic mass is 9.81. The van der Waals surface area contributed by atoms with Crippen LogP contribution in [0.15, 0.2) is 6.20 Å². The van der Waals surface area contributed by atoms with Gasteiger partial charge in [-0.15, -0.1) is 0 Å². The lowest BCUT2D eigenvalue weighted by Crippen LogP contribution is -2.37. The second-order valence-corrected chi connectivity index (χ2v) is 6.92. The van der Waals surface area contributed by atoms with Crippen molar-refractivity contribution in [3.05, 3.63) is 17.5 Å². The van der Waals surface area contributed by atoms with Crippen molar-refractivity contribution in [2.24, 2.45) is 11.3 Å². The summed E-state index contributed by atoms with van der Waals surface area (Å²) >= 11 is 0. The van der Waals surface area contributed by atoms with E-state index in [0.717, 1.165) is 44.3 Å². The minimum atomic E-state index is -0.734. The maximum absolute atomic E-state index is 12.9. The largest absolute Gasteiger partial charge is 0.481 e. The van der Waals surface area contributed by atoms with Crippen LogP contribution in [0.1, 0.15) is 48.2 Å². The SMILES string of the molecule is O=C(c1cnn2c1CCCC2)N1C[C@@H]2CCC[C@@]2(C(=O)O)C1. The highest BCUT2D eigenvalue weighted by atomic mass is 16.4.